The van der Waals surface area contributed by atoms with Crippen LogP contribution in [0.2, 0.25) is 0 Å². The van der Waals surface area contributed by atoms with Crippen molar-refractivity contribution in [3.05, 3.63) is 30.4 Å². The van der Waals surface area contributed by atoms with E-state index in [1.54, 1.807) is 6.20 Å². The van der Waals surface area contributed by atoms with Gasteiger partial charge in [0, 0.05) is 43.2 Å². The highest BCUT2D eigenvalue weighted by Gasteiger charge is 2.59. The van der Waals surface area contributed by atoms with Crippen LogP contribution in [0.3, 0.4) is 0 Å². The number of hydrogen-bond acceptors (Lipinski definition) is 4. The number of fused-ring (bicyclic) bond motifs is 1. The summed E-state index contributed by atoms with van der Waals surface area (Å²) in [6.07, 6.45) is 11.5. The summed E-state index contributed by atoms with van der Waals surface area (Å²) >= 11 is 0. The Morgan fingerprint density at radius 3 is 3.00 bits per heavy atom. The van der Waals surface area contributed by atoms with Crippen molar-refractivity contribution in [2.75, 3.05) is 13.7 Å². The SMILES string of the molecule is CCOC1CC(N(C)Cc2cn3cccnc3n2)C12CCC2. The number of nitrogens with zero attached hydrogens (tertiary/aromatic N) is 4. The Morgan fingerprint density at radius 2 is 2.32 bits per heavy atom. The van der Waals surface area contributed by atoms with Crippen LogP contribution in [0.5, 0.6) is 0 Å². The highest BCUT2D eigenvalue weighted by atomic mass is 16.5. The molecule has 2 aromatic rings. The van der Waals surface area contributed by atoms with Crippen LogP contribution in [-0.4, -0.2) is 45.1 Å². The molecule has 1 spiro atoms. The van der Waals surface area contributed by atoms with Crippen molar-refractivity contribution in [3.63, 3.8) is 0 Å². The second-order valence-corrected chi connectivity index (χ2v) is 6.76. The van der Waals surface area contributed by atoms with Crippen molar-refractivity contribution >= 4 is 5.78 Å². The Kier molecular flexibility index (Phi) is 3.42. The summed E-state index contributed by atoms with van der Waals surface area (Å²) in [5.74, 6) is 0.782. The minimum atomic E-state index is 0.419. The zero-order valence-electron chi connectivity index (χ0n) is 13.4. The Bertz CT molecular complexity index is 630. The first kappa shape index (κ1) is 14.2. The quantitative estimate of drug-likeness (QED) is 0.851. The number of imidazole rings is 1. The molecule has 5 nitrogen and oxygen atoms in total. The second-order valence-electron chi connectivity index (χ2n) is 6.76. The first-order valence-electron chi connectivity index (χ1n) is 8.33. The van der Waals surface area contributed by atoms with Gasteiger partial charge in [-0.25, -0.2) is 9.97 Å². The Morgan fingerprint density at radius 1 is 1.45 bits per heavy atom. The molecule has 2 aliphatic rings. The minimum absolute atomic E-state index is 0.419. The van der Waals surface area contributed by atoms with E-state index in [2.05, 4.69) is 35.0 Å². The van der Waals surface area contributed by atoms with Crippen molar-refractivity contribution < 1.29 is 4.74 Å². The molecule has 0 N–H and O–H groups in total. The first-order valence-corrected chi connectivity index (χ1v) is 8.33. The van der Waals surface area contributed by atoms with E-state index >= 15 is 0 Å². The molecule has 0 aromatic carbocycles. The van der Waals surface area contributed by atoms with Gasteiger partial charge in [0.2, 0.25) is 5.78 Å². The third-order valence-electron chi connectivity index (χ3n) is 5.62. The van der Waals surface area contributed by atoms with Gasteiger partial charge >= 0.3 is 0 Å². The van der Waals surface area contributed by atoms with E-state index in [1.165, 1.54) is 19.3 Å². The summed E-state index contributed by atoms with van der Waals surface area (Å²) in [5, 5.41) is 0. The van der Waals surface area contributed by atoms with E-state index in [4.69, 9.17) is 4.74 Å². The normalized spacial score (nSPS) is 26.3. The highest BCUT2D eigenvalue weighted by Crippen LogP contribution is 2.59. The smallest absolute Gasteiger partial charge is 0.233 e. The van der Waals surface area contributed by atoms with Crippen molar-refractivity contribution in [1.82, 2.24) is 19.3 Å². The molecule has 5 heteroatoms. The van der Waals surface area contributed by atoms with Crippen LogP contribution in [0.1, 0.15) is 38.3 Å². The van der Waals surface area contributed by atoms with Crippen LogP contribution in [0.15, 0.2) is 24.7 Å². The first-order chi connectivity index (χ1) is 10.7. The van der Waals surface area contributed by atoms with Crippen LogP contribution in [-0.2, 0) is 11.3 Å². The third-order valence-corrected chi connectivity index (χ3v) is 5.62. The van der Waals surface area contributed by atoms with Crippen LogP contribution in [0.25, 0.3) is 5.78 Å². The fourth-order valence-electron chi connectivity index (χ4n) is 4.34. The Hall–Kier alpha value is -1.46. The van der Waals surface area contributed by atoms with E-state index in [1.807, 2.05) is 16.7 Å². The number of ether oxygens (including phenoxy) is 1. The molecule has 2 heterocycles. The Labute approximate surface area is 131 Å². The predicted octanol–water partition coefficient (Wildman–Crippen LogP) is 2.51. The summed E-state index contributed by atoms with van der Waals surface area (Å²) in [7, 11) is 2.23. The van der Waals surface area contributed by atoms with Crippen LogP contribution in [0.4, 0.5) is 0 Å². The van der Waals surface area contributed by atoms with Gasteiger partial charge in [-0.3, -0.25) is 9.30 Å². The van der Waals surface area contributed by atoms with Gasteiger partial charge in [0.1, 0.15) is 0 Å². The van der Waals surface area contributed by atoms with E-state index < -0.39 is 0 Å². The lowest BCUT2D eigenvalue weighted by Gasteiger charge is -2.63. The lowest BCUT2D eigenvalue weighted by atomic mass is 9.50. The zero-order chi connectivity index (χ0) is 15.2. The number of hydrogen-bond donors (Lipinski definition) is 0. The molecule has 2 unspecified atom stereocenters. The van der Waals surface area contributed by atoms with Gasteiger partial charge in [-0.15, -0.1) is 0 Å². The number of aromatic nitrogens is 3. The monoisotopic (exact) mass is 300 g/mol. The molecular weight excluding hydrogens is 276 g/mol. The van der Waals surface area contributed by atoms with Crippen LogP contribution >= 0.6 is 0 Å². The molecule has 0 amide bonds. The van der Waals surface area contributed by atoms with Crippen LogP contribution in [0, 0.1) is 5.41 Å². The van der Waals surface area contributed by atoms with Gasteiger partial charge in [-0.1, -0.05) is 6.42 Å². The van der Waals surface area contributed by atoms with E-state index in [-0.39, 0.29) is 0 Å². The Balaban J connectivity index is 1.47. The molecule has 2 saturated carbocycles. The molecule has 0 aliphatic heterocycles. The number of rotatable bonds is 5. The van der Waals surface area contributed by atoms with Gasteiger partial charge in [-0.2, -0.15) is 0 Å². The summed E-state index contributed by atoms with van der Waals surface area (Å²) in [6.45, 7) is 3.82. The van der Waals surface area contributed by atoms with Crippen molar-refractivity contribution in [3.8, 4) is 0 Å². The summed E-state index contributed by atoms with van der Waals surface area (Å²) in [6, 6.07) is 2.57. The molecule has 0 radical (unpaired) electrons. The van der Waals surface area contributed by atoms with Gasteiger partial charge < -0.3 is 4.74 Å². The van der Waals surface area contributed by atoms with Gasteiger partial charge in [-0.05, 0) is 39.3 Å². The van der Waals surface area contributed by atoms with Gasteiger partial charge in [0.25, 0.3) is 0 Å². The molecule has 118 valence electrons. The fraction of sp³-hybridized carbons (Fsp3) is 0.647. The third kappa shape index (κ3) is 2.07. The summed E-state index contributed by atoms with van der Waals surface area (Å²) in [4.78, 5) is 11.4. The maximum atomic E-state index is 5.96. The van der Waals surface area contributed by atoms with Gasteiger partial charge in [0.05, 0.1) is 11.8 Å². The second kappa shape index (κ2) is 5.32. The lowest BCUT2D eigenvalue weighted by Crippen LogP contribution is -2.66. The van der Waals surface area contributed by atoms with Crippen molar-refractivity contribution in [2.24, 2.45) is 5.41 Å². The molecule has 2 fully saturated rings. The fourth-order valence-corrected chi connectivity index (χ4v) is 4.34. The van der Waals surface area contributed by atoms with E-state index in [9.17, 15) is 0 Å². The average molecular weight is 300 g/mol. The van der Waals surface area contributed by atoms with E-state index in [0.717, 1.165) is 31.0 Å². The van der Waals surface area contributed by atoms with Crippen molar-refractivity contribution in [2.45, 2.75) is 51.3 Å². The largest absolute Gasteiger partial charge is 0.378 e. The maximum absolute atomic E-state index is 5.96. The zero-order valence-corrected chi connectivity index (χ0v) is 13.4. The summed E-state index contributed by atoms with van der Waals surface area (Å²) < 4.78 is 7.95. The molecule has 0 bridgehead atoms. The molecule has 22 heavy (non-hydrogen) atoms. The predicted molar refractivity (Wildman–Crippen MR) is 84.6 cm³/mol. The summed E-state index contributed by atoms with van der Waals surface area (Å²) in [5.41, 5.74) is 1.51. The highest BCUT2D eigenvalue weighted by molar-refractivity contribution is 5.29. The topological polar surface area (TPSA) is 42.7 Å². The molecule has 2 aliphatic carbocycles. The van der Waals surface area contributed by atoms with Crippen molar-refractivity contribution in [1.29, 1.82) is 0 Å². The molecular formula is C17H24N4O. The van der Waals surface area contributed by atoms with Gasteiger partial charge in [0.15, 0.2) is 0 Å². The molecule has 0 saturated heterocycles. The lowest BCUT2D eigenvalue weighted by molar-refractivity contribution is -0.201. The average Bonchev–Trinajstić information content (AvgIpc) is 2.83. The minimum Gasteiger partial charge on any atom is -0.378 e. The maximum Gasteiger partial charge on any atom is 0.233 e. The van der Waals surface area contributed by atoms with E-state index in [0.29, 0.717) is 17.6 Å². The molecule has 2 atom stereocenters. The molecule has 4 rings (SSSR count). The standard InChI is InChI=1S/C17H24N4O/c1-3-22-15-10-14(17(15)6-4-7-17)20(2)11-13-12-21-9-5-8-18-16(21)19-13/h5,8-9,12,14-15H,3-4,6-7,10-11H2,1-2H3. The molecule has 2 aromatic heterocycles. The van der Waals surface area contributed by atoms with Crippen LogP contribution < -0.4 is 0 Å².